The number of aryl methyl sites for hydroxylation is 1. The van der Waals surface area contributed by atoms with Crippen molar-refractivity contribution in [3.8, 4) is 0 Å². The minimum Gasteiger partial charge on any atom is -0.478 e. The SMILES string of the molecule is Cc1cc(CN)cc(C(=O)O)c1.Cl. The number of nitrogens with two attached hydrogens (primary N) is 1. The van der Waals surface area contributed by atoms with Crippen LogP contribution in [0.25, 0.3) is 0 Å². The molecule has 3 N–H and O–H groups in total. The number of benzene rings is 1. The molecule has 0 aliphatic carbocycles. The van der Waals surface area contributed by atoms with Crippen LogP contribution in [0.5, 0.6) is 0 Å². The number of hydrogen-bond donors (Lipinski definition) is 2. The maximum absolute atomic E-state index is 10.6. The van der Waals surface area contributed by atoms with Gasteiger partial charge in [0.05, 0.1) is 5.56 Å². The van der Waals surface area contributed by atoms with E-state index in [0.717, 1.165) is 11.1 Å². The molecule has 4 heteroatoms. The first kappa shape index (κ1) is 11.9. The summed E-state index contributed by atoms with van der Waals surface area (Å²) in [5.41, 5.74) is 7.48. The van der Waals surface area contributed by atoms with E-state index in [2.05, 4.69) is 0 Å². The highest BCUT2D eigenvalue weighted by atomic mass is 35.5. The molecule has 0 bridgehead atoms. The molecule has 0 spiro atoms. The summed E-state index contributed by atoms with van der Waals surface area (Å²) in [5, 5.41) is 8.69. The Morgan fingerprint density at radius 1 is 1.46 bits per heavy atom. The molecule has 0 fully saturated rings. The van der Waals surface area contributed by atoms with Crippen molar-refractivity contribution in [3.63, 3.8) is 0 Å². The summed E-state index contributed by atoms with van der Waals surface area (Å²) in [6.07, 6.45) is 0. The van der Waals surface area contributed by atoms with Crippen LogP contribution in [0.15, 0.2) is 18.2 Å². The molecule has 72 valence electrons. The van der Waals surface area contributed by atoms with Crippen molar-refractivity contribution < 1.29 is 9.90 Å². The molecule has 0 saturated carbocycles. The number of carboxylic acids is 1. The molecule has 0 heterocycles. The van der Waals surface area contributed by atoms with Gasteiger partial charge in [-0.2, -0.15) is 0 Å². The number of aromatic carboxylic acids is 1. The molecular weight excluding hydrogens is 190 g/mol. The summed E-state index contributed by atoms with van der Waals surface area (Å²) >= 11 is 0. The van der Waals surface area contributed by atoms with Crippen molar-refractivity contribution in [2.45, 2.75) is 13.5 Å². The minimum atomic E-state index is -0.909. The molecule has 1 aromatic carbocycles. The highest BCUT2D eigenvalue weighted by molar-refractivity contribution is 5.88. The molecule has 3 nitrogen and oxygen atoms in total. The Morgan fingerprint density at radius 3 is 2.54 bits per heavy atom. The van der Waals surface area contributed by atoms with Gasteiger partial charge in [-0.3, -0.25) is 0 Å². The molecule has 0 radical (unpaired) electrons. The lowest BCUT2D eigenvalue weighted by molar-refractivity contribution is 0.0696. The fourth-order valence-electron chi connectivity index (χ4n) is 1.10. The Balaban J connectivity index is 0.00000144. The van der Waals surface area contributed by atoms with E-state index in [4.69, 9.17) is 10.8 Å². The zero-order valence-electron chi connectivity index (χ0n) is 7.28. The third-order valence-electron chi connectivity index (χ3n) is 1.62. The first-order valence-corrected chi connectivity index (χ1v) is 3.67. The molecule has 0 aliphatic rings. The van der Waals surface area contributed by atoms with Gasteiger partial charge in [-0.15, -0.1) is 12.4 Å². The zero-order chi connectivity index (χ0) is 9.14. The van der Waals surface area contributed by atoms with E-state index in [9.17, 15) is 4.79 Å². The van der Waals surface area contributed by atoms with Crippen molar-refractivity contribution >= 4 is 18.4 Å². The second kappa shape index (κ2) is 4.84. The van der Waals surface area contributed by atoms with Crippen molar-refractivity contribution in [1.82, 2.24) is 0 Å². The lowest BCUT2D eigenvalue weighted by Gasteiger charge is -2.01. The molecule has 1 rings (SSSR count). The highest BCUT2D eigenvalue weighted by Crippen LogP contribution is 2.08. The number of carboxylic acid groups (broad SMARTS) is 1. The third-order valence-corrected chi connectivity index (χ3v) is 1.62. The quantitative estimate of drug-likeness (QED) is 0.764. The van der Waals surface area contributed by atoms with Gasteiger partial charge in [0.25, 0.3) is 0 Å². The normalized spacial score (nSPS) is 9.08. The van der Waals surface area contributed by atoms with E-state index in [1.165, 1.54) is 0 Å². The van der Waals surface area contributed by atoms with Crippen molar-refractivity contribution in [2.24, 2.45) is 5.73 Å². The van der Waals surface area contributed by atoms with Crippen LogP contribution in [0.1, 0.15) is 21.5 Å². The summed E-state index contributed by atoms with van der Waals surface area (Å²) in [6, 6.07) is 5.10. The van der Waals surface area contributed by atoms with E-state index in [-0.39, 0.29) is 12.4 Å². The van der Waals surface area contributed by atoms with Gasteiger partial charge in [-0.05, 0) is 30.2 Å². The van der Waals surface area contributed by atoms with Crippen LogP contribution in [-0.2, 0) is 6.54 Å². The second-order valence-corrected chi connectivity index (χ2v) is 2.72. The smallest absolute Gasteiger partial charge is 0.335 e. The van der Waals surface area contributed by atoms with Gasteiger partial charge < -0.3 is 10.8 Å². The average molecular weight is 202 g/mol. The third kappa shape index (κ3) is 3.05. The summed E-state index contributed by atoms with van der Waals surface area (Å²) in [5.74, 6) is -0.909. The van der Waals surface area contributed by atoms with Crippen LogP contribution in [-0.4, -0.2) is 11.1 Å². The second-order valence-electron chi connectivity index (χ2n) is 2.72. The Bertz CT molecular complexity index is 312. The Hall–Kier alpha value is -1.06. The number of hydrogen-bond acceptors (Lipinski definition) is 2. The van der Waals surface area contributed by atoms with E-state index in [1.807, 2.05) is 13.0 Å². The van der Waals surface area contributed by atoms with Gasteiger partial charge in [-0.1, -0.05) is 6.07 Å². The van der Waals surface area contributed by atoms with Crippen LogP contribution in [0, 0.1) is 6.92 Å². The van der Waals surface area contributed by atoms with E-state index < -0.39 is 5.97 Å². The molecule has 0 aliphatic heterocycles. The first-order valence-electron chi connectivity index (χ1n) is 3.67. The molecule has 0 unspecified atom stereocenters. The molecule has 1 aromatic rings. The molecule has 13 heavy (non-hydrogen) atoms. The summed E-state index contributed by atoms with van der Waals surface area (Å²) in [7, 11) is 0. The van der Waals surface area contributed by atoms with E-state index in [0.29, 0.717) is 12.1 Å². The maximum atomic E-state index is 10.6. The summed E-state index contributed by atoms with van der Waals surface area (Å²) in [6.45, 7) is 2.23. The fourth-order valence-corrected chi connectivity index (χ4v) is 1.10. The van der Waals surface area contributed by atoms with Gasteiger partial charge in [-0.25, -0.2) is 4.79 Å². The van der Waals surface area contributed by atoms with Crippen LogP contribution in [0.2, 0.25) is 0 Å². The number of carbonyl (C=O) groups is 1. The lowest BCUT2D eigenvalue weighted by Crippen LogP contribution is -2.02. The van der Waals surface area contributed by atoms with Crippen LogP contribution in [0.4, 0.5) is 0 Å². The van der Waals surface area contributed by atoms with Crippen molar-refractivity contribution in [2.75, 3.05) is 0 Å². The van der Waals surface area contributed by atoms with Gasteiger partial charge in [0.15, 0.2) is 0 Å². The summed E-state index contributed by atoms with van der Waals surface area (Å²) < 4.78 is 0. The van der Waals surface area contributed by atoms with Crippen molar-refractivity contribution in [1.29, 1.82) is 0 Å². The maximum Gasteiger partial charge on any atom is 0.335 e. The predicted octanol–water partition coefficient (Wildman–Crippen LogP) is 1.57. The lowest BCUT2D eigenvalue weighted by atomic mass is 10.1. The molecular formula is C9H12ClNO2. The fraction of sp³-hybridized carbons (Fsp3) is 0.222. The largest absolute Gasteiger partial charge is 0.478 e. The zero-order valence-corrected chi connectivity index (χ0v) is 8.10. The molecule has 0 atom stereocenters. The standard InChI is InChI=1S/C9H11NO2.ClH/c1-6-2-7(5-10)4-8(3-6)9(11)12;/h2-4H,5,10H2,1H3,(H,11,12);1H. The molecule has 0 amide bonds. The first-order chi connectivity index (χ1) is 5.63. The van der Waals surface area contributed by atoms with E-state index >= 15 is 0 Å². The predicted molar refractivity (Wildman–Crippen MR) is 53.3 cm³/mol. The summed E-state index contributed by atoms with van der Waals surface area (Å²) in [4.78, 5) is 10.6. The van der Waals surface area contributed by atoms with Gasteiger partial charge >= 0.3 is 5.97 Å². The Kier molecular flexibility index (Phi) is 4.45. The van der Waals surface area contributed by atoms with Gasteiger partial charge in [0.1, 0.15) is 0 Å². The highest BCUT2D eigenvalue weighted by Gasteiger charge is 2.03. The monoisotopic (exact) mass is 201 g/mol. The molecule has 0 saturated heterocycles. The Morgan fingerprint density at radius 2 is 2.08 bits per heavy atom. The van der Waals surface area contributed by atoms with E-state index in [1.54, 1.807) is 12.1 Å². The van der Waals surface area contributed by atoms with Gasteiger partial charge in [0, 0.05) is 6.54 Å². The topological polar surface area (TPSA) is 63.3 Å². The Labute approximate surface area is 83.0 Å². The number of halogens is 1. The minimum absolute atomic E-state index is 0. The number of rotatable bonds is 2. The van der Waals surface area contributed by atoms with Crippen molar-refractivity contribution in [3.05, 3.63) is 34.9 Å². The van der Waals surface area contributed by atoms with Crippen LogP contribution >= 0.6 is 12.4 Å². The molecule has 0 aromatic heterocycles. The van der Waals surface area contributed by atoms with Crippen LogP contribution < -0.4 is 5.73 Å². The average Bonchev–Trinajstić information content (AvgIpc) is 2.03. The van der Waals surface area contributed by atoms with Gasteiger partial charge in [0.2, 0.25) is 0 Å². The van der Waals surface area contributed by atoms with Crippen LogP contribution in [0.3, 0.4) is 0 Å².